The van der Waals surface area contributed by atoms with Crippen molar-refractivity contribution in [1.82, 2.24) is 10.3 Å². The van der Waals surface area contributed by atoms with E-state index in [1.165, 1.54) is 12.1 Å². The van der Waals surface area contributed by atoms with Crippen LogP contribution in [0.4, 0.5) is 4.39 Å². The molecule has 0 atom stereocenters. The molecule has 0 aliphatic rings. The average Bonchev–Trinajstić information content (AvgIpc) is 2.45. The first-order valence-electron chi connectivity index (χ1n) is 6.69. The van der Waals surface area contributed by atoms with Crippen molar-refractivity contribution in [1.29, 1.82) is 0 Å². The molecule has 0 aliphatic carbocycles. The molecule has 0 saturated carbocycles. The van der Waals surface area contributed by atoms with Crippen LogP contribution in [0.15, 0.2) is 42.6 Å². The predicted molar refractivity (Wildman–Crippen MR) is 76.9 cm³/mol. The smallest absolute Gasteiger partial charge is 0.138 e. The molecule has 0 fully saturated rings. The highest BCUT2D eigenvalue weighted by molar-refractivity contribution is 5.21. The summed E-state index contributed by atoms with van der Waals surface area (Å²) in [6.45, 7) is 5.35. The van der Waals surface area contributed by atoms with Crippen LogP contribution in [0.3, 0.4) is 0 Å². The summed E-state index contributed by atoms with van der Waals surface area (Å²) < 4.78 is 18.4. The number of nitrogens with one attached hydrogen (secondary N) is 1. The molecule has 0 aliphatic heterocycles. The lowest BCUT2D eigenvalue weighted by Crippen LogP contribution is -2.22. The lowest BCUT2D eigenvalue weighted by Gasteiger charge is -2.09. The third-order valence-corrected chi connectivity index (χ3v) is 2.81. The van der Waals surface area contributed by atoms with Gasteiger partial charge in [-0.15, -0.1) is 0 Å². The molecule has 1 heterocycles. The van der Waals surface area contributed by atoms with Crippen molar-refractivity contribution in [3.8, 4) is 5.75 Å². The molecule has 0 saturated heterocycles. The van der Waals surface area contributed by atoms with Crippen LogP contribution >= 0.6 is 0 Å². The Balaban J connectivity index is 1.85. The third kappa shape index (κ3) is 4.63. The van der Waals surface area contributed by atoms with Gasteiger partial charge in [0, 0.05) is 12.6 Å². The normalized spacial score (nSPS) is 10.8. The average molecular weight is 274 g/mol. The van der Waals surface area contributed by atoms with Gasteiger partial charge in [-0.25, -0.2) is 4.39 Å². The van der Waals surface area contributed by atoms with Gasteiger partial charge < -0.3 is 10.1 Å². The van der Waals surface area contributed by atoms with E-state index in [-0.39, 0.29) is 5.82 Å². The molecule has 106 valence electrons. The lowest BCUT2D eigenvalue weighted by atomic mass is 10.2. The van der Waals surface area contributed by atoms with E-state index in [2.05, 4.69) is 24.1 Å². The predicted octanol–water partition coefficient (Wildman–Crippen LogP) is 3.30. The number of nitrogens with zero attached hydrogens (tertiary/aromatic N) is 1. The Kier molecular flexibility index (Phi) is 5.07. The Labute approximate surface area is 118 Å². The van der Waals surface area contributed by atoms with Crippen LogP contribution in [-0.4, -0.2) is 11.0 Å². The van der Waals surface area contributed by atoms with Crippen LogP contribution in [0.5, 0.6) is 5.75 Å². The Bertz CT molecular complexity index is 523. The number of rotatable bonds is 6. The Morgan fingerprint density at radius 2 is 1.90 bits per heavy atom. The molecule has 0 spiro atoms. The number of aromatic nitrogens is 1. The molecule has 0 bridgehead atoms. The number of ether oxygens (including phenoxy) is 1. The maximum Gasteiger partial charge on any atom is 0.138 e. The van der Waals surface area contributed by atoms with Gasteiger partial charge in [0.05, 0.1) is 11.9 Å². The summed E-state index contributed by atoms with van der Waals surface area (Å²) in [6, 6.07) is 10.6. The van der Waals surface area contributed by atoms with Gasteiger partial charge in [-0.05, 0) is 29.8 Å². The SMILES string of the molecule is CC(C)NCc1ccc(OCc2ccc(F)cc2)cn1. The van der Waals surface area contributed by atoms with Crippen LogP contribution in [0, 0.1) is 5.82 Å². The summed E-state index contributed by atoms with van der Waals surface area (Å²) in [6.07, 6.45) is 1.71. The number of halogens is 1. The zero-order valence-electron chi connectivity index (χ0n) is 11.8. The van der Waals surface area contributed by atoms with Crippen LogP contribution < -0.4 is 10.1 Å². The summed E-state index contributed by atoms with van der Waals surface area (Å²) in [5, 5.41) is 3.31. The van der Waals surface area contributed by atoms with Crippen molar-refractivity contribution in [2.75, 3.05) is 0 Å². The summed E-state index contributed by atoms with van der Waals surface area (Å²) in [5.74, 6) is 0.472. The topological polar surface area (TPSA) is 34.1 Å². The fourth-order valence-corrected chi connectivity index (χ4v) is 1.66. The van der Waals surface area contributed by atoms with Gasteiger partial charge in [0.25, 0.3) is 0 Å². The van der Waals surface area contributed by atoms with Crippen molar-refractivity contribution in [3.05, 3.63) is 59.7 Å². The van der Waals surface area contributed by atoms with Gasteiger partial charge >= 0.3 is 0 Å². The molecule has 4 heteroatoms. The molecule has 20 heavy (non-hydrogen) atoms. The van der Waals surface area contributed by atoms with Gasteiger partial charge in [0.15, 0.2) is 0 Å². The number of hydrogen-bond donors (Lipinski definition) is 1. The van der Waals surface area contributed by atoms with Crippen molar-refractivity contribution < 1.29 is 9.13 Å². The molecule has 1 aromatic heterocycles. The molecular formula is C16H19FN2O. The molecule has 2 aromatic rings. The second-order valence-corrected chi connectivity index (χ2v) is 4.94. The summed E-state index contributed by atoms with van der Waals surface area (Å²) >= 11 is 0. The first-order valence-corrected chi connectivity index (χ1v) is 6.69. The van der Waals surface area contributed by atoms with Gasteiger partial charge in [-0.2, -0.15) is 0 Å². The van der Waals surface area contributed by atoms with Gasteiger partial charge in [-0.1, -0.05) is 26.0 Å². The first kappa shape index (κ1) is 14.5. The van der Waals surface area contributed by atoms with Crippen LogP contribution in [0.2, 0.25) is 0 Å². The quantitative estimate of drug-likeness (QED) is 0.877. The minimum Gasteiger partial charge on any atom is -0.487 e. The van der Waals surface area contributed by atoms with E-state index in [9.17, 15) is 4.39 Å². The number of pyridine rings is 1. The zero-order valence-corrected chi connectivity index (χ0v) is 11.8. The molecule has 2 rings (SSSR count). The summed E-state index contributed by atoms with van der Waals surface area (Å²) in [4.78, 5) is 4.33. The highest BCUT2D eigenvalue weighted by Gasteiger charge is 2.00. The van der Waals surface area contributed by atoms with Crippen molar-refractivity contribution in [3.63, 3.8) is 0 Å². The lowest BCUT2D eigenvalue weighted by molar-refractivity contribution is 0.304. The minimum atomic E-state index is -0.238. The maximum atomic E-state index is 12.8. The van der Waals surface area contributed by atoms with Gasteiger partial charge in [0.1, 0.15) is 18.2 Å². The van der Waals surface area contributed by atoms with E-state index in [4.69, 9.17) is 4.74 Å². The molecule has 0 amide bonds. The summed E-state index contributed by atoms with van der Waals surface area (Å²) in [7, 11) is 0. The maximum absolute atomic E-state index is 12.8. The van der Waals surface area contributed by atoms with Crippen molar-refractivity contribution >= 4 is 0 Å². The van der Waals surface area contributed by atoms with E-state index in [1.54, 1.807) is 18.3 Å². The van der Waals surface area contributed by atoms with E-state index < -0.39 is 0 Å². The van der Waals surface area contributed by atoms with Crippen molar-refractivity contribution in [2.45, 2.75) is 33.0 Å². The Morgan fingerprint density at radius 3 is 2.50 bits per heavy atom. The van der Waals surface area contributed by atoms with Gasteiger partial charge in [-0.3, -0.25) is 4.98 Å². The fraction of sp³-hybridized carbons (Fsp3) is 0.312. The molecular weight excluding hydrogens is 255 g/mol. The standard InChI is InChI=1S/C16H19FN2O/c1-12(2)18-9-15-7-8-16(10-19-15)20-11-13-3-5-14(17)6-4-13/h3-8,10,12,18H,9,11H2,1-2H3. The molecule has 3 nitrogen and oxygen atoms in total. The minimum absolute atomic E-state index is 0.238. The van der Waals surface area contributed by atoms with E-state index >= 15 is 0 Å². The second kappa shape index (κ2) is 7.01. The molecule has 0 radical (unpaired) electrons. The molecule has 1 N–H and O–H groups in total. The van der Waals surface area contributed by atoms with E-state index in [0.717, 1.165) is 17.8 Å². The highest BCUT2D eigenvalue weighted by atomic mass is 19.1. The molecule has 1 aromatic carbocycles. The zero-order chi connectivity index (χ0) is 14.4. The summed E-state index contributed by atoms with van der Waals surface area (Å²) in [5.41, 5.74) is 1.91. The molecule has 0 unspecified atom stereocenters. The van der Waals surface area contributed by atoms with E-state index in [0.29, 0.717) is 18.4 Å². The highest BCUT2D eigenvalue weighted by Crippen LogP contribution is 2.12. The van der Waals surface area contributed by atoms with E-state index in [1.807, 2.05) is 12.1 Å². The number of benzene rings is 1. The van der Waals surface area contributed by atoms with Crippen LogP contribution in [0.25, 0.3) is 0 Å². The first-order chi connectivity index (χ1) is 9.63. The third-order valence-electron chi connectivity index (χ3n) is 2.81. The monoisotopic (exact) mass is 274 g/mol. The van der Waals surface area contributed by atoms with Crippen LogP contribution in [0.1, 0.15) is 25.1 Å². The van der Waals surface area contributed by atoms with Crippen LogP contribution in [-0.2, 0) is 13.2 Å². The second-order valence-electron chi connectivity index (χ2n) is 4.94. The Hall–Kier alpha value is -1.94. The van der Waals surface area contributed by atoms with Gasteiger partial charge in [0.2, 0.25) is 0 Å². The Morgan fingerprint density at radius 1 is 1.15 bits per heavy atom. The fourth-order valence-electron chi connectivity index (χ4n) is 1.66. The number of hydrogen-bond acceptors (Lipinski definition) is 3. The largest absolute Gasteiger partial charge is 0.487 e. The van der Waals surface area contributed by atoms with Crippen molar-refractivity contribution in [2.24, 2.45) is 0 Å².